The Labute approximate surface area is 200 Å². The highest BCUT2D eigenvalue weighted by Gasteiger charge is 2.35. The Kier molecular flexibility index (Phi) is 8.55. The highest BCUT2D eigenvalue weighted by molar-refractivity contribution is 5.65. The Morgan fingerprint density at radius 2 is 1.50 bits per heavy atom. The van der Waals surface area contributed by atoms with Crippen molar-refractivity contribution in [2.45, 2.75) is 90.1 Å². The van der Waals surface area contributed by atoms with E-state index in [1.807, 2.05) is 12.1 Å². The van der Waals surface area contributed by atoms with Crippen molar-refractivity contribution in [1.82, 2.24) is 0 Å². The van der Waals surface area contributed by atoms with E-state index < -0.39 is 24.0 Å². The molecule has 1 nitrogen and oxygen atoms in total. The van der Waals surface area contributed by atoms with Gasteiger partial charge in [0.2, 0.25) is 0 Å². The van der Waals surface area contributed by atoms with Crippen LogP contribution in [0.1, 0.15) is 89.0 Å². The number of halogens is 4. The van der Waals surface area contributed by atoms with Crippen molar-refractivity contribution in [3.05, 3.63) is 53.6 Å². The van der Waals surface area contributed by atoms with Crippen LogP contribution in [0.5, 0.6) is 5.75 Å². The summed E-state index contributed by atoms with van der Waals surface area (Å²) in [6, 6.07) is 9.94. The molecular formula is C29H36F4O. The summed E-state index contributed by atoms with van der Waals surface area (Å²) in [6.07, 6.45) is 14.7. The van der Waals surface area contributed by atoms with E-state index >= 15 is 0 Å². The molecule has 4 atom stereocenters. The summed E-state index contributed by atoms with van der Waals surface area (Å²) in [5.41, 5.74) is 2.24. The van der Waals surface area contributed by atoms with Crippen molar-refractivity contribution >= 4 is 0 Å². The number of ether oxygens (including phenoxy) is 1. The molecule has 0 N–H and O–H groups in total. The molecule has 5 heteroatoms. The standard InChI is InChI=1S/C29H36F4O/c1-2-3-4-5-6-19-7-8-24-16-23(14-13-22(24)15-19)20-9-11-21(12-10-20)25-17-26(30)28(27(31)18-25)34-29(32)33/h9-12,17-19,22-24,29H,2-8,13-16H2,1H3. The normalized spacial score (nSPS) is 24.8. The van der Waals surface area contributed by atoms with Crippen molar-refractivity contribution in [2.75, 3.05) is 0 Å². The van der Waals surface area contributed by atoms with Gasteiger partial charge in [-0.1, -0.05) is 69.7 Å². The molecule has 0 aromatic heterocycles. The predicted octanol–water partition coefficient (Wildman–Crippen LogP) is 9.50. The van der Waals surface area contributed by atoms with Gasteiger partial charge in [0.1, 0.15) is 0 Å². The van der Waals surface area contributed by atoms with Crippen LogP contribution in [0.4, 0.5) is 17.6 Å². The van der Waals surface area contributed by atoms with Crippen molar-refractivity contribution in [1.29, 1.82) is 0 Å². The molecule has 0 spiro atoms. The molecule has 186 valence electrons. The number of rotatable bonds is 9. The van der Waals surface area contributed by atoms with Gasteiger partial charge < -0.3 is 4.74 Å². The first-order valence-electron chi connectivity index (χ1n) is 13.0. The lowest BCUT2D eigenvalue weighted by Crippen LogP contribution is -2.30. The molecule has 2 aliphatic carbocycles. The SMILES string of the molecule is CCCCCCC1CCC2CC(c3ccc(-c4cc(F)c(OC(F)F)c(F)c4)cc3)CCC2C1. The van der Waals surface area contributed by atoms with Crippen molar-refractivity contribution in [2.24, 2.45) is 17.8 Å². The first kappa shape index (κ1) is 25.1. The molecule has 4 unspecified atom stereocenters. The fourth-order valence-electron chi connectivity index (χ4n) is 6.29. The van der Waals surface area contributed by atoms with Gasteiger partial charge in [-0.25, -0.2) is 8.78 Å². The quantitative estimate of drug-likeness (QED) is 0.259. The summed E-state index contributed by atoms with van der Waals surface area (Å²) in [5, 5.41) is 0. The fraction of sp³-hybridized carbons (Fsp3) is 0.586. The summed E-state index contributed by atoms with van der Waals surface area (Å²) < 4.78 is 56.9. The average Bonchev–Trinajstić information content (AvgIpc) is 2.83. The van der Waals surface area contributed by atoms with Gasteiger partial charge in [0.15, 0.2) is 17.4 Å². The molecule has 0 radical (unpaired) electrons. The first-order chi connectivity index (χ1) is 16.4. The number of hydrogen-bond donors (Lipinski definition) is 0. The van der Waals surface area contributed by atoms with Gasteiger partial charge in [-0.2, -0.15) is 8.78 Å². The lowest BCUT2D eigenvalue weighted by Gasteiger charge is -2.42. The second-order valence-corrected chi connectivity index (χ2v) is 10.3. The molecule has 2 aromatic carbocycles. The lowest BCUT2D eigenvalue weighted by atomic mass is 9.63. The van der Waals surface area contributed by atoms with Crippen LogP contribution < -0.4 is 4.74 Å². The number of unbranched alkanes of at least 4 members (excludes halogenated alkanes) is 3. The molecule has 0 amide bonds. The molecule has 0 saturated heterocycles. The lowest BCUT2D eigenvalue weighted by molar-refractivity contribution is -0.0546. The second-order valence-electron chi connectivity index (χ2n) is 10.3. The Balaban J connectivity index is 1.35. The van der Waals surface area contributed by atoms with Crippen LogP contribution in [0.25, 0.3) is 11.1 Å². The molecule has 4 rings (SSSR count). The topological polar surface area (TPSA) is 9.23 Å². The summed E-state index contributed by atoms with van der Waals surface area (Å²) >= 11 is 0. The minimum Gasteiger partial charge on any atom is -0.429 e. The number of hydrogen-bond acceptors (Lipinski definition) is 1. The van der Waals surface area contributed by atoms with Crippen molar-refractivity contribution in [3.8, 4) is 16.9 Å². The summed E-state index contributed by atoms with van der Waals surface area (Å²) in [5.74, 6) is -0.143. The van der Waals surface area contributed by atoms with E-state index in [0.29, 0.717) is 17.0 Å². The Bertz CT molecular complexity index is 903. The molecule has 2 saturated carbocycles. The third-order valence-corrected chi connectivity index (χ3v) is 8.11. The van der Waals surface area contributed by atoms with Gasteiger partial charge in [0.25, 0.3) is 0 Å². The monoisotopic (exact) mass is 476 g/mol. The Morgan fingerprint density at radius 3 is 2.18 bits per heavy atom. The fourth-order valence-corrected chi connectivity index (χ4v) is 6.29. The minimum atomic E-state index is -3.27. The van der Waals surface area contributed by atoms with Crippen LogP contribution in [0, 0.1) is 29.4 Å². The Hall–Kier alpha value is -2.04. The van der Waals surface area contributed by atoms with Crippen LogP contribution in [0.15, 0.2) is 36.4 Å². The molecule has 0 bridgehead atoms. The van der Waals surface area contributed by atoms with E-state index in [9.17, 15) is 17.6 Å². The van der Waals surface area contributed by atoms with Crippen LogP contribution in [-0.4, -0.2) is 6.61 Å². The van der Waals surface area contributed by atoms with E-state index in [2.05, 4.69) is 23.8 Å². The zero-order valence-electron chi connectivity index (χ0n) is 20.0. The van der Waals surface area contributed by atoms with Crippen molar-refractivity contribution in [3.63, 3.8) is 0 Å². The largest absolute Gasteiger partial charge is 0.429 e. The van der Waals surface area contributed by atoms with Gasteiger partial charge in [-0.05, 0) is 84.6 Å². The van der Waals surface area contributed by atoms with Gasteiger partial charge >= 0.3 is 6.61 Å². The molecular weight excluding hydrogens is 440 g/mol. The van der Waals surface area contributed by atoms with Gasteiger partial charge in [0, 0.05) is 0 Å². The van der Waals surface area contributed by atoms with E-state index in [4.69, 9.17) is 0 Å². The minimum absolute atomic E-state index is 0.309. The maximum atomic E-state index is 14.1. The molecule has 2 aromatic rings. The molecule has 0 heterocycles. The second kappa shape index (κ2) is 11.6. The third-order valence-electron chi connectivity index (χ3n) is 8.11. The van der Waals surface area contributed by atoms with Gasteiger partial charge in [0.05, 0.1) is 0 Å². The number of benzene rings is 2. The maximum Gasteiger partial charge on any atom is 0.387 e. The highest BCUT2D eigenvalue weighted by Crippen LogP contribution is 2.48. The third kappa shape index (κ3) is 6.14. The van der Waals surface area contributed by atoms with Gasteiger partial charge in [-0.3, -0.25) is 0 Å². The van der Waals surface area contributed by atoms with E-state index in [-0.39, 0.29) is 0 Å². The summed E-state index contributed by atoms with van der Waals surface area (Å²) in [7, 11) is 0. The molecule has 2 aliphatic rings. The highest BCUT2D eigenvalue weighted by atomic mass is 19.3. The van der Waals surface area contributed by atoms with E-state index in [1.54, 1.807) is 0 Å². The molecule has 34 heavy (non-hydrogen) atoms. The first-order valence-corrected chi connectivity index (χ1v) is 13.0. The van der Waals surface area contributed by atoms with Crippen molar-refractivity contribution < 1.29 is 22.3 Å². The van der Waals surface area contributed by atoms with Crippen LogP contribution >= 0.6 is 0 Å². The van der Waals surface area contributed by atoms with Crippen LogP contribution in [0.2, 0.25) is 0 Å². The number of fused-ring (bicyclic) bond motifs is 1. The maximum absolute atomic E-state index is 14.1. The van der Waals surface area contributed by atoms with Gasteiger partial charge in [-0.15, -0.1) is 0 Å². The number of alkyl halides is 2. The van der Waals surface area contributed by atoms with Crippen LogP contribution in [-0.2, 0) is 0 Å². The zero-order chi connectivity index (χ0) is 24.1. The predicted molar refractivity (Wildman–Crippen MR) is 128 cm³/mol. The van der Waals surface area contributed by atoms with Crippen LogP contribution in [0.3, 0.4) is 0 Å². The zero-order valence-corrected chi connectivity index (χ0v) is 20.0. The summed E-state index contributed by atoms with van der Waals surface area (Å²) in [4.78, 5) is 0. The molecule has 0 aliphatic heterocycles. The smallest absolute Gasteiger partial charge is 0.387 e. The average molecular weight is 477 g/mol. The van der Waals surface area contributed by atoms with E-state index in [0.717, 1.165) is 29.9 Å². The Morgan fingerprint density at radius 1 is 0.824 bits per heavy atom. The molecule has 2 fully saturated rings. The summed E-state index contributed by atoms with van der Waals surface area (Å²) in [6.45, 7) is -1.01. The van der Waals surface area contributed by atoms with E-state index in [1.165, 1.54) is 76.2 Å².